The van der Waals surface area contributed by atoms with E-state index in [-0.39, 0.29) is 17.5 Å². The molecule has 2 aromatic rings. The largest absolute Gasteiger partial charge is 0.503 e. The number of carbonyl (C=O) groups is 1. The SMILES string of the molecule is COc1ccc(CC#N)cc1Cc1c(C)nc(N)[nH]c1=O.N=C(N)N.O=C(O)O. The van der Waals surface area contributed by atoms with Crippen LogP contribution in [0.2, 0.25) is 0 Å². The van der Waals surface area contributed by atoms with E-state index in [4.69, 9.17) is 36.1 Å². The quantitative estimate of drug-likeness (QED) is 0.272. The first kappa shape index (κ1) is 24.7. The average molecular weight is 405 g/mol. The Morgan fingerprint density at radius 3 is 2.38 bits per heavy atom. The van der Waals surface area contributed by atoms with Crippen LogP contribution in [-0.2, 0) is 12.8 Å². The third-order valence-corrected chi connectivity index (χ3v) is 3.24. The Bertz CT molecular complexity index is 930. The highest BCUT2D eigenvalue weighted by molar-refractivity contribution is 5.71. The van der Waals surface area contributed by atoms with Crippen molar-refractivity contribution in [2.45, 2.75) is 19.8 Å². The number of nitrogen functional groups attached to an aromatic ring is 1. The van der Waals surface area contributed by atoms with Crippen molar-refractivity contribution in [1.29, 1.82) is 10.7 Å². The van der Waals surface area contributed by atoms with Crippen LogP contribution in [0.4, 0.5) is 10.7 Å². The number of nitrogens with one attached hydrogen (secondary N) is 2. The molecular weight excluding hydrogens is 382 g/mol. The van der Waals surface area contributed by atoms with Crippen LogP contribution in [0, 0.1) is 23.7 Å². The van der Waals surface area contributed by atoms with Gasteiger partial charge in [0.15, 0.2) is 5.96 Å². The first-order chi connectivity index (χ1) is 13.5. The van der Waals surface area contributed by atoms with Gasteiger partial charge in [0.2, 0.25) is 5.95 Å². The highest BCUT2D eigenvalue weighted by Crippen LogP contribution is 2.23. The number of hydrogen-bond acceptors (Lipinski definition) is 7. The molecule has 0 aliphatic carbocycles. The zero-order valence-corrected chi connectivity index (χ0v) is 15.9. The third kappa shape index (κ3) is 9.85. The number of methoxy groups -OCH3 is 1. The van der Waals surface area contributed by atoms with E-state index in [1.165, 1.54) is 0 Å². The Morgan fingerprint density at radius 1 is 1.38 bits per heavy atom. The summed E-state index contributed by atoms with van der Waals surface area (Å²) in [6.45, 7) is 1.74. The number of ether oxygens (including phenoxy) is 1. The van der Waals surface area contributed by atoms with E-state index >= 15 is 0 Å². The van der Waals surface area contributed by atoms with Gasteiger partial charge in [0, 0.05) is 12.0 Å². The molecule has 0 fully saturated rings. The van der Waals surface area contributed by atoms with Gasteiger partial charge < -0.3 is 32.2 Å². The molecule has 1 heterocycles. The maximum Gasteiger partial charge on any atom is 0.503 e. The van der Waals surface area contributed by atoms with Crippen molar-refractivity contribution in [2.24, 2.45) is 11.5 Å². The lowest BCUT2D eigenvalue weighted by Gasteiger charge is -2.11. The predicted octanol–water partition coefficient (Wildman–Crippen LogP) is 0.387. The van der Waals surface area contributed by atoms with Gasteiger partial charge in [0.1, 0.15) is 5.75 Å². The van der Waals surface area contributed by atoms with Crippen molar-refractivity contribution < 1.29 is 19.7 Å². The summed E-state index contributed by atoms with van der Waals surface area (Å²) in [7, 11) is 1.57. The number of aromatic amines is 1. The molecule has 12 heteroatoms. The lowest BCUT2D eigenvalue weighted by molar-refractivity contribution is 0.137. The molecule has 1 aromatic heterocycles. The molecule has 0 aliphatic heterocycles. The Kier molecular flexibility index (Phi) is 10.4. The number of nitrogens with two attached hydrogens (primary N) is 3. The molecule has 29 heavy (non-hydrogen) atoms. The highest BCUT2D eigenvalue weighted by Gasteiger charge is 2.12. The fraction of sp³-hybridized carbons (Fsp3) is 0.235. The summed E-state index contributed by atoms with van der Waals surface area (Å²) in [6, 6.07) is 7.62. The molecule has 0 bridgehead atoms. The van der Waals surface area contributed by atoms with E-state index in [1.807, 2.05) is 12.1 Å². The van der Waals surface area contributed by atoms with Gasteiger partial charge in [-0.1, -0.05) is 12.1 Å². The highest BCUT2D eigenvalue weighted by atomic mass is 16.6. The number of rotatable bonds is 4. The number of hydrogen-bond donors (Lipinski definition) is 7. The normalized spacial score (nSPS) is 9.00. The van der Waals surface area contributed by atoms with Crippen molar-refractivity contribution in [3.8, 4) is 11.8 Å². The molecule has 0 aliphatic rings. The number of aryl methyl sites for hydroxylation is 1. The van der Waals surface area contributed by atoms with Gasteiger partial charge in [0.25, 0.3) is 5.56 Å². The number of nitrogens with zero attached hydrogens (tertiary/aromatic N) is 2. The predicted molar refractivity (Wildman–Crippen MR) is 106 cm³/mol. The Hall–Kier alpha value is -4.27. The van der Waals surface area contributed by atoms with Crippen LogP contribution in [0.5, 0.6) is 5.75 Å². The molecule has 156 valence electrons. The van der Waals surface area contributed by atoms with Crippen LogP contribution in [0.25, 0.3) is 0 Å². The molecule has 0 atom stereocenters. The lowest BCUT2D eigenvalue weighted by Crippen LogP contribution is -2.20. The van der Waals surface area contributed by atoms with Crippen molar-refractivity contribution in [2.75, 3.05) is 12.8 Å². The van der Waals surface area contributed by atoms with Gasteiger partial charge in [0.05, 0.1) is 25.3 Å². The molecule has 12 nitrogen and oxygen atoms in total. The van der Waals surface area contributed by atoms with E-state index in [2.05, 4.69) is 27.5 Å². The number of guanidine groups is 1. The summed E-state index contributed by atoms with van der Waals surface area (Å²) in [6.07, 6.45) is -1.15. The molecule has 0 amide bonds. The fourth-order valence-corrected chi connectivity index (χ4v) is 2.20. The van der Waals surface area contributed by atoms with Gasteiger partial charge >= 0.3 is 6.16 Å². The molecule has 1 aromatic carbocycles. The first-order valence-electron chi connectivity index (χ1n) is 7.91. The van der Waals surface area contributed by atoms with E-state index in [9.17, 15) is 4.79 Å². The van der Waals surface area contributed by atoms with E-state index in [0.29, 0.717) is 29.8 Å². The molecule has 0 radical (unpaired) electrons. The fourth-order valence-electron chi connectivity index (χ4n) is 2.20. The van der Waals surface area contributed by atoms with Crippen LogP contribution in [0.15, 0.2) is 23.0 Å². The van der Waals surface area contributed by atoms with Crippen LogP contribution in [0.3, 0.4) is 0 Å². The summed E-state index contributed by atoms with van der Waals surface area (Å²) < 4.78 is 5.31. The van der Waals surface area contributed by atoms with Crippen LogP contribution in [0.1, 0.15) is 22.4 Å². The number of anilines is 1. The van der Waals surface area contributed by atoms with Crippen LogP contribution < -0.4 is 27.5 Å². The maximum atomic E-state index is 12.0. The van der Waals surface area contributed by atoms with Crippen molar-refractivity contribution >= 4 is 18.1 Å². The molecular formula is C17H23N7O5. The van der Waals surface area contributed by atoms with Crippen LogP contribution >= 0.6 is 0 Å². The molecule has 2 rings (SSSR count). The monoisotopic (exact) mass is 405 g/mol. The number of nitriles is 1. The van der Waals surface area contributed by atoms with E-state index in [1.54, 1.807) is 20.1 Å². The van der Waals surface area contributed by atoms with E-state index < -0.39 is 6.16 Å². The van der Waals surface area contributed by atoms with Gasteiger partial charge in [-0.25, -0.2) is 9.78 Å². The summed E-state index contributed by atoms with van der Waals surface area (Å²) >= 11 is 0. The molecule has 0 spiro atoms. The number of H-pyrrole nitrogens is 1. The van der Waals surface area contributed by atoms with Gasteiger partial charge in [-0.15, -0.1) is 0 Å². The van der Waals surface area contributed by atoms with Crippen molar-refractivity contribution in [3.63, 3.8) is 0 Å². The number of aromatic nitrogens is 2. The maximum absolute atomic E-state index is 12.0. The Morgan fingerprint density at radius 2 is 1.93 bits per heavy atom. The second kappa shape index (κ2) is 12.2. The minimum absolute atomic E-state index is 0.103. The number of carboxylic acid groups (broad SMARTS) is 2. The Balaban J connectivity index is 0.000000837. The Labute approximate surface area is 166 Å². The third-order valence-electron chi connectivity index (χ3n) is 3.24. The van der Waals surface area contributed by atoms with Crippen molar-refractivity contribution in [3.05, 3.63) is 50.9 Å². The van der Waals surface area contributed by atoms with Crippen LogP contribution in [-0.4, -0.2) is 39.4 Å². The summed E-state index contributed by atoms with van der Waals surface area (Å²) in [5, 5.41) is 28.8. The molecule has 0 saturated heterocycles. The minimum Gasteiger partial charge on any atom is -0.496 e. The lowest BCUT2D eigenvalue weighted by atomic mass is 10.0. The van der Waals surface area contributed by atoms with Gasteiger partial charge in [-0.05, 0) is 24.1 Å². The standard InChI is InChI=1S/C15H16N4O2.CH5N3.CH2O3/c1-9-12(14(20)19-15(17)18-9)8-11-7-10(5-6-16)3-4-13(11)21-2;2*2-1(3)4/h3-4,7H,5,8H2,1-2H3,(H3,17,18,19,20);(H5,2,3,4);(H2,2,3,4). The second-order valence-electron chi connectivity index (χ2n) is 5.41. The molecule has 0 saturated carbocycles. The van der Waals surface area contributed by atoms with E-state index in [0.717, 1.165) is 11.1 Å². The van der Waals surface area contributed by atoms with Gasteiger partial charge in [-0.3, -0.25) is 15.2 Å². The summed E-state index contributed by atoms with van der Waals surface area (Å²) in [5.41, 5.74) is 17.0. The molecule has 0 unspecified atom stereocenters. The zero-order valence-electron chi connectivity index (χ0n) is 15.9. The minimum atomic E-state index is -1.83. The second-order valence-corrected chi connectivity index (χ2v) is 5.41. The average Bonchev–Trinajstić information content (AvgIpc) is 2.57. The number of benzene rings is 1. The summed E-state index contributed by atoms with van der Waals surface area (Å²) in [4.78, 5) is 27.1. The zero-order chi connectivity index (χ0) is 22.6. The topological polar surface area (TPSA) is 238 Å². The van der Waals surface area contributed by atoms with Gasteiger partial charge in [-0.2, -0.15) is 5.26 Å². The summed E-state index contributed by atoms with van der Waals surface area (Å²) in [5.74, 6) is 0.443. The van der Waals surface area contributed by atoms with Crippen molar-refractivity contribution in [1.82, 2.24) is 9.97 Å². The first-order valence-corrected chi connectivity index (χ1v) is 7.91. The smallest absolute Gasteiger partial charge is 0.496 e. The molecule has 10 N–H and O–H groups in total.